The highest BCUT2D eigenvalue weighted by Crippen LogP contribution is 2.29. The summed E-state index contributed by atoms with van der Waals surface area (Å²) in [7, 11) is 0. The lowest BCUT2D eigenvalue weighted by molar-refractivity contribution is 0.328. The second-order valence-electron chi connectivity index (χ2n) is 5.97. The van der Waals surface area contributed by atoms with E-state index in [9.17, 15) is 0 Å². The molecule has 2 rings (SSSR count). The van der Waals surface area contributed by atoms with Crippen molar-refractivity contribution in [1.82, 2.24) is 4.98 Å². The van der Waals surface area contributed by atoms with Crippen LogP contribution in [0.2, 0.25) is 0 Å². The Hall–Kier alpha value is -1.16. The zero-order valence-electron chi connectivity index (χ0n) is 12.7. The number of aryl methyl sites for hydroxylation is 2. The van der Waals surface area contributed by atoms with Crippen molar-refractivity contribution in [2.75, 3.05) is 5.32 Å². The Bertz CT molecular complexity index is 493. The van der Waals surface area contributed by atoms with Crippen molar-refractivity contribution < 1.29 is 0 Å². The zero-order valence-corrected chi connectivity index (χ0v) is 13.5. The summed E-state index contributed by atoms with van der Waals surface area (Å²) < 4.78 is 0. The van der Waals surface area contributed by atoms with Gasteiger partial charge in [-0.25, -0.2) is 0 Å². The average Bonchev–Trinajstić information content (AvgIpc) is 2.38. The summed E-state index contributed by atoms with van der Waals surface area (Å²) in [6, 6.07) is 2.51. The van der Waals surface area contributed by atoms with E-state index in [0.29, 0.717) is 11.0 Å². The molecule has 0 saturated heterocycles. The highest BCUT2D eigenvalue weighted by molar-refractivity contribution is 7.80. The Morgan fingerprint density at radius 1 is 1.35 bits per heavy atom. The van der Waals surface area contributed by atoms with Gasteiger partial charge in [-0.3, -0.25) is 4.98 Å². The molecule has 4 heteroatoms. The summed E-state index contributed by atoms with van der Waals surface area (Å²) in [6.45, 7) is 6.25. The van der Waals surface area contributed by atoms with Gasteiger partial charge >= 0.3 is 0 Å². The van der Waals surface area contributed by atoms with Crippen LogP contribution in [0.5, 0.6) is 0 Å². The van der Waals surface area contributed by atoms with E-state index in [1.54, 1.807) is 0 Å². The minimum Gasteiger partial charge on any atom is -0.389 e. The zero-order chi connectivity index (χ0) is 14.7. The van der Waals surface area contributed by atoms with Gasteiger partial charge in [-0.1, -0.05) is 31.5 Å². The summed E-state index contributed by atoms with van der Waals surface area (Å²) in [5.74, 6) is 0.747. The van der Waals surface area contributed by atoms with Crippen LogP contribution in [0.3, 0.4) is 0 Å². The van der Waals surface area contributed by atoms with E-state index >= 15 is 0 Å². The smallest absolute Gasteiger partial charge is 0.107 e. The van der Waals surface area contributed by atoms with Gasteiger partial charge in [-0.2, -0.15) is 0 Å². The maximum atomic E-state index is 5.87. The second kappa shape index (κ2) is 6.53. The van der Waals surface area contributed by atoms with Crippen LogP contribution in [-0.4, -0.2) is 16.0 Å². The van der Waals surface area contributed by atoms with Gasteiger partial charge in [0.2, 0.25) is 0 Å². The van der Waals surface area contributed by atoms with Crippen molar-refractivity contribution in [3.05, 3.63) is 23.0 Å². The first-order chi connectivity index (χ1) is 9.49. The third-order valence-corrected chi connectivity index (χ3v) is 4.52. The molecule has 0 aromatic carbocycles. The summed E-state index contributed by atoms with van der Waals surface area (Å²) in [4.78, 5) is 4.89. The number of hydrogen-bond donors (Lipinski definition) is 2. The molecule has 0 spiro atoms. The SMILES string of the molecule is Cc1cc(NC(C)C2CCCCC2)c(C(N)=S)c(C)n1. The largest absolute Gasteiger partial charge is 0.389 e. The summed E-state index contributed by atoms with van der Waals surface area (Å²) in [5.41, 5.74) is 9.72. The van der Waals surface area contributed by atoms with Crippen molar-refractivity contribution in [2.24, 2.45) is 11.7 Å². The van der Waals surface area contributed by atoms with Gasteiger partial charge in [0.05, 0.1) is 5.56 Å². The number of nitrogens with one attached hydrogen (secondary N) is 1. The molecule has 1 aromatic rings. The molecule has 0 aliphatic heterocycles. The molecule has 3 nitrogen and oxygen atoms in total. The van der Waals surface area contributed by atoms with E-state index in [-0.39, 0.29) is 0 Å². The Kier molecular flexibility index (Phi) is 4.97. The summed E-state index contributed by atoms with van der Waals surface area (Å²) >= 11 is 5.19. The van der Waals surface area contributed by atoms with Gasteiger partial charge < -0.3 is 11.1 Å². The summed E-state index contributed by atoms with van der Waals surface area (Å²) in [5, 5.41) is 3.64. The van der Waals surface area contributed by atoms with Gasteiger partial charge in [-0.15, -0.1) is 0 Å². The van der Waals surface area contributed by atoms with E-state index < -0.39 is 0 Å². The predicted octanol–water partition coefficient (Wildman–Crippen LogP) is 3.71. The van der Waals surface area contributed by atoms with Crippen LogP contribution in [0.15, 0.2) is 6.07 Å². The number of pyridine rings is 1. The van der Waals surface area contributed by atoms with Crippen LogP contribution in [0.1, 0.15) is 56.0 Å². The predicted molar refractivity (Wildman–Crippen MR) is 89.3 cm³/mol. The molecule has 1 aliphatic rings. The Balaban J connectivity index is 2.21. The second-order valence-corrected chi connectivity index (χ2v) is 6.41. The molecule has 3 N–H and O–H groups in total. The Morgan fingerprint density at radius 2 is 2.00 bits per heavy atom. The maximum absolute atomic E-state index is 5.87. The van der Waals surface area contributed by atoms with Gasteiger partial charge in [0.1, 0.15) is 4.99 Å². The van der Waals surface area contributed by atoms with Gasteiger partial charge in [-0.05, 0) is 45.6 Å². The normalized spacial score (nSPS) is 17.8. The number of anilines is 1. The number of thiocarbonyl (C=S) groups is 1. The molecule has 20 heavy (non-hydrogen) atoms. The number of aromatic nitrogens is 1. The highest BCUT2D eigenvalue weighted by Gasteiger charge is 2.21. The lowest BCUT2D eigenvalue weighted by atomic mass is 9.84. The standard InChI is InChI=1S/C16H25N3S/c1-10-9-14(15(16(17)20)12(3)18-10)19-11(2)13-7-5-4-6-8-13/h9,11,13H,4-8H2,1-3H3,(H2,17,20)(H,18,19). The van der Waals surface area contributed by atoms with Crippen molar-refractivity contribution in [1.29, 1.82) is 0 Å². The molecule has 1 unspecified atom stereocenters. The monoisotopic (exact) mass is 291 g/mol. The molecule has 1 aromatic heterocycles. The van der Waals surface area contributed by atoms with Crippen LogP contribution in [0.4, 0.5) is 5.69 Å². The number of rotatable bonds is 4. The molecule has 1 heterocycles. The number of hydrogen-bond acceptors (Lipinski definition) is 3. The molecule has 0 radical (unpaired) electrons. The van der Waals surface area contributed by atoms with Crippen LogP contribution in [0, 0.1) is 19.8 Å². The highest BCUT2D eigenvalue weighted by atomic mass is 32.1. The molecule has 1 saturated carbocycles. The van der Waals surface area contributed by atoms with Crippen LogP contribution < -0.4 is 11.1 Å². The fourth-order valence-corrected chi connectivity index (χ4v) is 3.51. The number of nitrogens with two attached hydrogens (primary N) is 1. The lowest BCUT2D eigenvalue weighted by Gasteiger charge is -2.30. The van der Waals surface area contributed by atoms with Gasteiger partial charge in [0, 0.05) is 23.1 Å². The Morgan fingerprint density at radius 3 is 2.60 bits per heavy atom. The number of nitrogens with zero attached hydrogens (tertiary/aromatic N) is 1. The average molecular weight is 291 g/mol. The van der Waals surface area contributed by atoms with E-state index in [1.807, 2.05) is 13.8 Å². The molecule has 1 fully saturated rings. The molecular formula is C16H25N3S. The first-order valence-electron chi connectivity index (χ1n) is 7.53. The molecular weight excluding hydrogens is 266 g/mol. The van der Waals surface area contributed by atoms with Crippen molar-refractivity contribution in [2.45, 2.75) is 58.9 Å². The molecule has 1 atom stereocenters. The molecule has 1 aliphatic carbocycles. The molecule has 0 amide bonds. The topological polar surface area (TPSA) is 50.9 Å². The minimum atomic E-state index is 0.424. The third-order valence-electron chi connectivity index (χ3n) is 4.31. The Labute approximate surface area is 127 Å². The van der Waals surface area contributed by atoms with Crippen molar-refractivity contribution in [3.63, 3.8) is 0 Å². The van der Waals surface area contributed by atoms with E-state index in [0.717, 1.165) is 28.6 Å². The first-order valence-corrected chi connectivity index (χ1v) is 7.94. The fraction of sp³-hybridized carbons (Fsp3) is 0.625. The summed E-state index contributed by atoms with van der Waals surface area (Å²) in [6.07, 6.45) is 6.73. The van der Waals surface area contributed by atoms with Gasteiger partial charge in [0.25, 0.3) is 0 Å². The van der Waals surface area contributed by atoms with Crippen molar-refractivity contribution >= 4 is 22.9 Å². The van der Waals surface area contributed by atoms with E-state index in [4.69, 9.17) is 18.0 Å². The van der Waals surface area contributed by atoms with Gasteiger partial charge in [0.15, 0.2) is 0 Å². The molecule has 110 valence electrons. The first kappa shape index (κ1) is 15.2. The van der Waals surface area contributed by atoms with E-state index in [2.05, 4.69) is 23.3 Å². The van der Waals surface area contributed by atoms with Crippen LogP contribution in [0.25, 0.3) is 0 Å². The molecule has 0 bridgehead atoms. The lowest BCUT2D eigenvalue weighted by Crippen LogP contribution is -2.29. The van der Waals surface area contributed by atoms with E-state index in [1.165, 1.54) is 32.1 Å². The third kappa shape index (κ3) is 3.48. The van der Waals surface area contributed by atoms with Crippen LogP contribution in [-0.2, 0) is 0 Å². The van der Waals surface area contributed by atoms with Crippen molar-refractivity contribution in [3.8, 4) is 0 Å². The van der Waals surface area contributed by atoms with Crippen LogP contribution >= 0.6 is 12.2 Å². The maximum Gasteiger partial charge on any atom is 0.107 e. The fourth-order valence-electron chi connectivity index (χ4n) is 3.25. The minimum absolute atomic E-state index is 0.424. The quantitative estimate of drug-likeness (QED) is 0.830.